The molecule has 28 heavy (non-hydrogen) atoms. The highest BCUT2D eigenvalue weighted by Gasteiger charge is 2.34. The quantitative estimate of drug-likeness (QED) is 0.452. The zero-order valence-corrected chi connectivity index (χ0v) is 15.5. The minimum absolute atomic E-state index is 0.100. The van der Waals surface area contributed by atoms with Gasteiger partial charge in [-0.2, -0.15) is 0 Å². The maximum Gasteiger partial charge on any atom is 0.338 e. The Bertz CT molecular complexity index is 955. The lowest BCUT2D eigenvalue weighted by Crippen LogP contribution is -2.45. The first kappa shape index (κ1) is 19.4. The number of ether oxygens (including phenoxy) is 1. The summed E-state index contributed by atoms with van der Waals surface area (Å²) in [7, 11) is 0. The van der Waals surface area contributed by atoms with Gasteiger partial charge in [-0.3, -0.25) is 10.1 Å². The molecule has 0 unspecified atom stereocenters. The number of non-ortho nitro benzene ring substituents is 1. The minimum Gasteiger partial charge on any atom is -0.463 e. The van der Waals surface area contributed by atoms with Crippen molar-refractivity contribution in [2.24, 2.45) is 0 Å². The first-order valence-corrected chi connectivity index (χ1v) is 8.77. The molecule has 2 aromatic rings. The molecule has 0 aliphatic carbocycles. The number of carbonyl (C=O) groups excluding carboxylic acids is 2. The Morgan fingerprint density at radius 1 is 1.18 bits per heavy atom. The first-order chi connectivity index (χ1) is 13.4. The molecule has 0 fully saturated rings. The number of urea groups is 1. The van der Waals surface area contributed by atoms with E-state index in [0.717, 1.165) is 0 Å². The maximum atomic E-state index is 12.7. The Hall–Kier alpha value is -3.39. The van der Waals surface area contributed by atoms with Crippen LogP contribution >= 0.6 is 11.6 Å². The number of carbonyl (C=O) groups is 2. The number of rotatable bonds is 5. The van der Waals surface area contributed by atoms with E-state index in [1.807, 2.05) is 0 Å². The van der Waals surface area contributed by atoms with Crippen LogP contribution in [0.3, 0.4) is 0 Å². The van der Waals surface area contributed by atoms with Crippen LogP contribution in [0.5, 0.6) is 0 Å². The summed E-state index contributed by atoms with van der Waals surface area (Å²) in [6, 6.07) is 11.0. The Balaban J connectivity index is 2.15. The van der Waals surface area contributed by atoms with Gasteiger partial charge in [0.2, 0.25) is 0 Å². The summed E-state index contributed by atoms with van der Waals surface area (Å²) in [4.78, 5) is 35.3. The van der Waals surface area contributed by atoms with Crippen LogP contribution in [-0.4, -0.2) is 23.5 Å². The molecule has 8 nitrogen and oxygen atoms in total. The predicted octanol–water partition coefficient (Wildman–Crippen LogP) is 3.58. The van der Waals surface area contributed by atoms with Crippen molar-refractivity contribution in [2.45, 2.75) is 13.0 Å². The summed E-state index contributed by atoms with van der Waals surface area (Å²) in [5.74, 6) is -0.608. The molecule has 1 aliphatic rings. The molecular weight excluding hydrogens is 386 g/mol. The van der Waals surface area contributed by atoms with Crippen molar-refractivity contribution in [1.82, 2.24) is 10.6 Å². The number of benzene rings is 2. The molecular formula is C19H16ClN3O5. The van der Waals surface area contributed by atoms with Crippen LogP contribution in [0, 0.1) is 10.1 Å². The third kappa shape index (κ3) is 3.96. The van der Waals surface area contributed by atoms with Gasteiger partial charge < -0.3 is 15.4 Å². The summed E-state index contributed by atoms with van der Waals surface area (Å²) in [6.45, 7) is 1.83. The number of esters is 1. The molecule has 1 aliphatic heterocycles. The highest BCUT2D eigenvalue weighted by Crippen LogP contribution is 2.33. The number of hydrogen-bond acceptors (Lipinski definition) is 5. The molecule has 9 heteroatoms. The molecule has 0 saturated carbocycles. The van der Waals surface area contributed by atoms with Crippen LogP contribution in [0.15, 0.2) is 54.1 Å². The largest absolute Gasteiger partial charge is 0.463 e. The van der Waals surface area contributed by atoms with E-state index < -0.39 is 23.0 Å². The summed E-state index contributed by atoms with van der Waals surface area (Å²) in [5.41, 5.74) is 1.41. The van der Waals surface area contributed by atoms with E-state index in [0.29, 0.717) is 16.1 Å². The van der Waals surface area contributed by atoms with Crippen molar-refractivity contribution >= 4 is 35.0 Å². The molecule has 0 radical (unpaired) electrons. The van der Waals surface area contributed by atoms with Crippen molar-refractivity contribution in [3.05, 3.63) is 80.4 Å². The van der Waals surface area contributed by atoms with Crippen LogP contribution in [0.25, 0.3) is 5.70 Å². The lowest BCUT2D eigenvalue weighted by Gasteiger charge is -2.29. The van der Waals surface area contributed by atoms with Gasteiger partial charge in [-0.25, -0.2) is 9.59 Å². The van der Waals surface area contributed by atoms with Gasteiger partial charge >= 0.3 is 12.0 Å². The molecule has 0 spiro atoms. The first-order valence-electron chi connectivity index (χ1n) is 8.39. The standard InChI is InChI=1S/C19H16ClN3O5/c1-2-28-18(24)15-16(11-3-7-13(20)8-4-11)21-19(25)22-17(15)12-5-9-14(10-6-12)23(26)27/h3-10,16H,2H2,1H3,(H2,21,22,25)/t16-/m0/s1. The van der Waals surface area contributed by atoms with E-state index in [1.54, 1.807) is 31.2 Å². The van der Waals surface area contributed by atoms with Crippen LogP contribution < -0.4 is 10.6 Å². The number of hydrogen-bond donors (Lipinski definition) is 2. The Labute approximate surface area is 165 Å². The molecule has 0 bridgehead atoms. The third-order valence-corrected chi connectivity index (χ3v) is 4.39. The number of halogens is 1. The highest BCUT2D eigenvalue weighted by atomic mass is 35.5. The summed E-state index contributed by atoms with van der Waals surface area (Å²) in [6.07, 6.45) is 0. The van der Waals surface area contributed by atoms with Gasteiger partial charge in [0, 0.05) is 17.2 Å². The van der Waals surface area contributed by atoms with Gasteiger partial charge in [-0.1, -0.05) is 23.7 Å². The van der Waals surface area contributed by atoms with Crippen LogP contribution in [0.4, 0.5) is 10.5 Å². The van der Waals surface area contributed by atoms with Crippen LogP contribution in [0.1, 0.15) is 24.1 Å². The fraction of sp³-hybridized carbons (Fsp3) is 0.158. The van der Waals surface area contributed by atoms with Gasteiger partial charge in [0.15, 0.2) is 0 Å². The van der Waals surface area contributed by atoms with Crippen LogP contribution in [0.2, 0.25) is 5.02 Å². The SMILES string of the molecule is CCOC(=O)C1=C(c2ccc([N+](=O)[O-])cc2)NC(=O)N[C@H]1c1ccc(Cl)cc1. The zero-order chi connectivity index (χ0) is 20.3. The Morgan fingerprint density at radius 2 is 1.82 bits per heavy atom. The molecule has 2 aromatic carbocycles. The van der Waals surface area contributed by atoms with E-state index >= 15 is 0 Å². The van der Waals surface area contributed by atoms with E-state index in [4.69, 9.17) is 16.3 Å². The van der Waals surface area contributed by atoms with Gasteiger partial charge in [0.05, 0.1) is 28.8 Å². The average molecular weight is 402 g/mol. The number of amides is 2. The Morgan fingerprint density at radius 3 is 2.39 bits per heavy atom. The van der Waals surface area contributed by atoms with Crippen molar-refractivity contribution in [3.63, 3.8) is 0 Å². The fourth-order valence-electron chi connectivity index (χ4n) is 2.88. The average Bonchev–Trinajstić information content (AvgIpc) is 2.68. The van der Waals surface area contributed by atoms with E-state index in [-0.39, 0.29) is 23.6 Å². The minimum atomic E-state index is -0.768. The molecule has 144 valence electrons. The predicted molar refractivity (Wildman–Crippen MR) is 103 cm³/mol. The normalized spacial score (nSPS) is 16.2. The second-order valence-corrected chi connectivity index (χ2v) is 6.33. The van der Waals surface area contributed by atoms with Gasteiger partial charge in [0.25, 0.3) is 5.69 Å². The summed E-state index contributed by atoms with van der Waals surface area (Å²) < 4.78 is 5.18. The number of nitrogens with one attached hydrogen (secondary N) is 2. The fourth-order valence-corrected chi connectivity index (χ4v) is 3.00. The van der Waals surface area contributed by atoms with E-state index in [1.165, 1.54) is 24.3 Å². The van der Waals surface area contributed by atoms with E-state index in [2.05, 4.69) is 10.6 Å². The maximum absolute atomic E-state index is 12.7. The second kappa shape index (κ2) is 8.10. The number of nitrogens with zero attached hydrogens (tertiary/aromatic N) is 1. The molecule has 2 amide bonds. The van der Waals surface area contributed by atoms with Gasteiger partial charge in [-0.05, 0) is 42.3 Å². The zero-order valence-electron chi connectivity index (χ0n) is 14.8. The van der Waals surface area contributed by atoms with Crippen molar-refractivity contribution in [3.8, 4) is 0 Å². The monoisotopic (exact) mass is 401 g/mol. The molecule has 1 atom stereocenters. The van der Waals surface area contributed by atoms with Crippen molar-refractivity contribution < 1.29 is 19.2 Å². The third-order valence-electron chi connectivity index (χ3n) is 4.14. The molecule has 1 heterocycles. The highest BCUT2D eigenvalue weighted by molar-refractivity contribution is 6.30. The van der Waals surface area contributed by atoms with Crippen molar-refractivity contribution in [2.75, 3.05) is 6.61 Å². The topological polar surface area (TPSA) is 111 Å². The lowest BCUT2D eigenvalue weighted by molar-refractivity contribution is -0.384. The second-order valence-electron chi connectivity index (χ2n) is 5.90. The van der Waals surface area contributed by atoms with Gasteiger partial charge in [-0.15, -0.1) is 0 Å². The molecule has 0 aromatic heterocycles. The summed E-state index contributed by atoms with van der Waals surface area (Å²) >= 11 is 5.93. The smallest absolute Gasteiger partial charge is 0.338 e. The number of nitro groups is 1. The van der Waals surface area contributed by atoms with Crippen LogP contribution in [-0.2, 0) is 9.53 Å². The molecule has 0 saturated heterocycles. The summed E-state index contributed by atoms with van der Waals surface area (Å²) in [5, 5.41) is 16.7. The number of nitro benzene ring substituents is 1. The molecule has 3 rings (SSSR count). The molecule has 2 N–H and O–H groups in total. The lowest BCUT2D eigenvalue weighted by atomic mass is 9.92. The van der Waals surface area contributed by atoms with E-state index in [9.17, 15) is 19.7 Å². The van der Waals surface area contributed by atoms with Crippen molar-refractivity contribution in [1.29, 1.82) is 0 Å². The Kier molecular flexibility index (Phi) is 5.60. The van der Waals surface area contributed by atoms with Gasteiger partial charge in [0.1, 0.15) is 0 Å².